The summed E-state index contributed by atoms with van der Waals surface area (Å²) in [5.41, 5.74) is 5.36. The zero-order valence-electron chi connectivity index (χ0n) is 26.1. The number of oxazole rings is 1. The fourth-order valence-electron chi connectivity index (χ4n) is 5.35. The van der Waals surface area contributed by atoms with E-state index in [9.17, 15) is 14.7 Å². The van der Waals surface area contributed by atoms with Crippen LogP contribution in [0.25, 0.3) is 11.5 Å². The lowest BCUT2D eigenvalue weighted by Gasteiger charge is -2.25. The van der Waals surface area contributed by atoms with E-state index in [4.69, 9.17) is 4.42 Å². The minimum atomic E-state index is -0.886. The monoisotopic (exact) mass is 616 g/mol. The summed E-state index contributed by atoms with van der Waals surface area (Å²) < 4.78 is 5.51. The van der Waals surface area contributed by atoms with Crippen molar-refractivity contribution in [2.45, 2.75) is 51.4 Å². The predicted octanol–water partition coefficient (Wildman–Crippen LogP) is 5.89. The molecule has 1 heterocycles. The summed E-state index contributed by atoms with van der Waals surface area (Å²) in [5.74, 6) is -0.470. The molecule has 0 radical (unpaired) electrons. The third-order valence-electron chi connectivity index (χ3n) is 7.95. The molecule has 8 nitrogen and oxygen atoms in total. The van der Waals surface area contributed by atoms with Crippen LogP contribution in [-0.2, 0) is 19.4 Å². The minimum Gasteiger partial charge on any atom is -0.445 e. The number of aliphatic hydroxyl groups is 1. The van der Waals surface area contributed by atoms with Gasteiger partial charge >= 0.3 is 0 Å². The van der Waals surface area contributed by atoms with Crippen LogP contribution >= 0.6 is 0 Å². The van der Waals surface area contributed by atoms with Crippen molar-refractivity contribution < 1.29 is 19.1 Å². The van der Waals surface area contributed by atoms with Gasteiger partial charge in [-0.1, -0.05) is 91.9 Å². The molecule has 2 amide bonds. The maximum absolute atomic E-state index is 13.8. The van der Waals surface area contributed by atoms with Gasteiger partial charge in [0, 0.05) is 29.8 Å². The maximum Gasteiger partial charge on any atom is 0.251 e. The van der Waals surface area contributed by atoms with Crippen LogP contribution in [0.4, 0.5) is 0 Å². The van der Waals surface area contributed by atoms with Crippen molar-refractivity contribution in [3.63, 3.8) is 0 Å². The lowest BCUT2D eigenvalue weighted by Crippen LogP contribution is -2.48. The normalized spacial score (nSPS) is 13.0. The van der Waals surface area contributed by atoms with Crippen LogP contribution in [0.1, 0.15) is 62.9 Å². The lowest BCUT2D eigenvalue weighted by atomic mass is 9.99. The Balaban J connectivity index is 1.35. The molecule has 0 unspecified atom stereocenters. The Morgan fingerprint density at radius 3 is 2.13 bits per heavy atom. The molecule has 5 aromatic rings. The quantitative estimate of drug-likeness (QED) is 0.124. The van der Waals surface area contributed by atoms with Gasteiger partial charge in [-0.2, -0.15) is 0 Å². The van der Waals surface area contributed by atoms with Crippen molar-refractivity contribution in [3.8, 4) is 11.5 Å². The molecule has 0 saturated carbocycles. The average Bonchev–Trinajstić information content (AvgIpc) is 3.64. The molecule has 0 aliphatic rings. The Bertz CT molecular complexity index is 1710. The van der Waals surface area contributed by atoms with E-state index in [1.54, 1.807) is 18.2 Å². The van der Waals surface area contributed by atoms with E-state index in [1.165, 1.54) is 18.0 Å². The van der Waals surface area contributed by atoms with Crippen LogP contribution in [0.15, 0.2) is 120 Å². The summed E-state index contributed by atoms with van der Waals surface area (Å²) in [7, 11) is 0. The van der Waals surface area contributed by atoms with E-state index in [1.807, 2.05) is 73.7 Å². The van der Waals surface area contributed by atoms with Gasteiger partial charge in [0.1, 0.15) is 6.26 Å². The van der Waals surface area contributed by atoms with Gasteiger partial charge in [-0.25, -0.2) is 4.98 Å². The molecule has 0 fully saturated rings. The Morgan fingerprint density at radius 2 is 1.46 bits per heavy atom. The highest BCUT2D eigenvalue weighted by molar-refractivity contribution is 6.01. The third kappa shape index (κ3) is 8.78. The van der Waals surface area contributed by atoms with Crippen molar-refractivity contribution in [1.29, 1.82) is 0 Å². The molecule has 46 heavy (non-hydrogen) atoms. The van der Waals surface area contributed by atoms with Crippen LogP contribution in [0.5, 0.6) is 0 Å². The van der Waals surface area contributed by atoms with E-state index in [0.717, 1.165) is 23.1 Å². The molecule has 3 atom stereocenters. The second kappa shape index (κ2) is 15.8. The smallest absolute Gasteiger partial charge is 0.251 e. The number of nitrogens with one attached hydrogen (secondary N) is 3. The van der Waals surface area contributed by atoms with Crippen LogP contribution in [0.3, 0.4) is 0 Å². The predicted molar refractivity (Wildman–Crippen MR) is 179 cm³/mol. The van der Waals surface area contributed by atoms with E-state index in [2.05, 4.69) is 46.1 Å². The van der Waals surface area contributed by atoms with E-state index < -0.39 is 18.1 Å². The number of aryl methyl sites for hydroxylation is 1. The minimum absolute atomic E-state index is 0.251. The topological polar surface area (TPSA) is 116 Å². The Kier molecular flexibility index (Phi) is 11.1. The highest BCUT2D eigenvalue weighted by Gasteiger charge is 2.24. The summed E-state index contributed by atoms with van der Waals surface area (Å²) in [4.78, 5) is 31.5. The molecule has 236 valence electrons. The third-order valence-corrected chi connectivity index (χ3v) is 7.95. The summed E-state index contributed by atoms with van der Waals surface area (Å²) in [6.45, 7) is 4.89. The number of rotatable bonds is 14. The first kappa shape index (κ1) is 32.3. The molecule has 0 bridgehead atoms. The molecule has 0 aliphatic heterocycles. The summed E-state index contributed by atoms with van der Waals surface area (Å²) in [6, 6.07) is 31.7. The molecule has 4 aromatic carbocycles. The fraction of sp³-hybridized carbons (Fsp3) is 0.237. The average molecular weight is 617 g/mol. The van der Waals surface area contributed by atoms with Gasteiger partial charge in [-0.05, 0) is 60.2 Å². The standard InChI is InChI=1S/C38H40N4O4/c1-3-27-13-10-14-29(19-27)24-39-25-35(43)34(20-28-11-6-4-7-12-28)42-37(45)32-21-31(22-33(23-32)38-40-17-18-46-38)36(44)41-26(2)30-15-8-5-9-16-30/h4-19,21-23,26,34-35,39,43H,3,20,24-25H2,1-2H3,(H,41,44)(H,42,45)/t26-,34+,35-/m1/s1. The SMILES string of the molecule is CCc1cccc(CNC[C@@H](O)[C@H](Cc2ccccc2)NC(=O)c2cc(C(=O)N[C@H](C)c3ccccc3)cc(-c3ncco3)c2)c1. The molecule has 1 aromatic heterocycles. The zero-order valence-corrected chi connectivity index (χ0v) is 26.1. The molecular formula is C38H40N4O4. The first-order chi connectivity index (χ1) is 22.4. The van der Waals surface area contributed by atoms with Crippen molar-refractivity contribution in [3.05, 3.63) is 149 Å². The summed E-state index contributed by atoms with van der Waals surface area (Å²) in [6.07, 6.45) is 3.44. The Morgan fingerprint density at radius 1 is 0.804 bits per heavy atom. The summed E-state index contributed by atoms with van der Waals surface area (Å²) >= 11 is 0. The highest BCUT2D eigenvalue weighted by Crippen LogP contribution is 2.23. The molecular weight excluding hydrogens is 576 g/mol. The molecule has 0 spiro atoms. The number of amides is 2. The number of hydrogen-bond donors (Lipinski definition) is 4. The lowest BCUT2D eigenvalue weighted by molar-refractivity contribution is 0.0830. The fourth-order valence-corrected chi connectivity index (χ4v) is 5.35. The van der Waals surface area contributed by atoms with Crippen molar-refractivity contribution in [1.82, 2.24) is 20.9 Å². The van der Waals surface area contributed by atoms with Gasteiger partial charge < -0.3 is 25.5 Å². The molecule has 4 N–H and O–H groups in total. The number of aromatic nitrogens is 1. The number of nitrogens with zero attached hydrogens (tertiary/aromatic N) is 1. The van der Waals surface area contributed by atoms with Crippen molar-refractivity contribution in [2.75, 3.05) is 6.54 Å². The second-order valence-electron chi connectivity index (χ2n) is 11.4. The largest absolute Gasteiger partial charge is 0.445 e. The van der Waals surface area contributed by atoms with E-state index in [0.29, 0.717) is 24.1 Å². The molecule has 8 heteroatoms. The van der Waals surface area contributed by atoms with Gasteiger partial charge in [-0.15, -0.1) is 0 Å². The number of aliphatic hydroxyl groups excluding tert-OH is 1. The Hall–Kier alpha value is -5.05. The molecule has 0 aliphatic carbocycles. The van der Waals surface area contributed by atoms with Crippen molar-refractivity contribution in [2.24, 2.45) is 0 Å². The van der Waals surface area contributed by atoms with Crippen LogP contribution in [0, 0.1) is 0 Å². The van der Waals surface area contributed by atoms with Gasteiger partial charge in [-0.3, -0.25) is 9.59 Å². The first-order valence-electron chi connectivity index (χ1n) is 15.6. The van der Waals surface area contributed by atoms with Gasteiger partial charge in [0.05, 0.1) is 24.4 Å². The zero-order chi connectivity index (χ0) is 32.3. The molecule has 0 saturated heterocycles. The number of carbonyl (C=O) groups is 2. The first-order valence-corrected chi connectivity index (χ1v) is 15.6. The van der Waals surface area contributed by atoms with E-state index >= 15 is 0 Å². The van der Waals surface area contributed by atoms with Crippen LogP contribution < -0.4 is 16.0 Å². The van der Waals surface area contributed by atoms with Crippen LogP contribution in [-0.4, -0.2) is 40.6 Å². The second-order valence-corrected chi connectivity index (χ2v) is 11.4. The Labute approximate surface area is 269 Å². The van der Waals surface area contributed by atoms with Gasteiger partial charge in [0.2, 0.25) is 5.89 Å². The molecule has 5 rings (SSSR count). The van der Waals surface area contributed by atoms with Gasteiger partial charge in [0.25, 0.3) is 11.8 Å². The van der Waals surface area contributed by atoms with Gasteiger partial charge in [0.15, 0.2) is 0 Å². The van der Waals surface area contributed by atoms with Crippen molar-refractivity contribution >= 4 is 11.8 Å². The number of benzene rings is 4. The number of carbonyl (C=O) groups excluding carboxylic acids is 2. The van der Waals surface area contributed by atoms with E-state index in [-0.39, 0.29) is 29.9 Å². The number of hydrogen-bond acceptors (Lipinski definition) is 6. The highest BCUT2D eigenvalue weighted by atomic mass is 16.3. The maximum atomic E-state index is 13.8. The van der Waals surface area contributed by atoms with Crippen LogP contribution in [0.2, 0.25) is 0 Å². The summed E-state index contributed by atoms with van der Waals surface area (Å²) in [5, 5.41) is 20.7.